The normalized spacial score (nSPS) is 10.5. The molecular formula is C17H28IN3O4. The highest BCUT2D eigenvalue weighted by Gasteiger charge is 2.07. The summed E-state index contributed by atoms with van der Waals surface area (Å²) in [7, 11) is 3.29. The first-order valence-corrected chi connectivity index (χ1v) is 8.08. The lowest BCUT2D eigenvalue weighted by Crippen LogP contribution is -2.31. The molecule has 0 atom stereocenters. The van der Waals surface area contributed by atoms with Gasteiger partial charge in [0.1, 0.15) is 0 Å². The average molecular weight is 465 g/mol. The largest absolute Gasteiger partial charge is 0.493 e. The lowest BCUT2D eigenvalue weighted by molar-refractivity contribution is -0.143. The quantitative estimate of drug-likeness (QED) is 0.192. The van der Waals surface area contributed by atoms with E-state index < -0.39 is 0 Å². The molecule has 0 aliphatic rings. The van der Waals surface area contributed by atoms with Crippen molar-refractivity contribution in [3.05, 3.63) is 18.2 Å². The van der Waals surface area contributed by atoms with Gasteiger partial charge < -0.3 is 24.8 Å². The van der Waals surface area contributed by atoms with Crippen molar-refractivity contribution in [1.29, 1.82) is 0 Å². The van der Waals surface area contributed by atoms with Crippen LogP contribution in [0.15, 0.2) is 23.2 Å². The molecule has 0 aromatic heterocycles. The third-order valence-corrected chi connectivity index (χ3v) is 3.11. The minimum atomic E-state index is -0.182. The molecule has 0 radical (unpaired) electrons. The van der Waals surface area contributed by atoms with E-state index in [0.717, 1.165) is 5.69 Å². The van der Waals surface area contributed by atoms with Gasteiger partial charge in [0.05, 0.1) is 20.3 Å². The number of methoxy groups -OCH3 is 1. The number of esters is 1. The first-order chi connectivity index (χ1) is 11.6. The first kappa shape index (κ1) is 23.3. The van der Waals surface area contributed by atoms with Crippen molar-refractivity contribution in [2.24, 2.45) is 4.99 Å². The summed E-state index contributed by atoms with van der Waals surface area (Å²) in [4.78, 5) is 15.4. The number of nitrogens with zero attached hydrogens (tertiary/aromatic N) is 1. The molecule has 0 saturated carbocycles. The van der Waals surface area contributed by atoms with Gasteiger partial charge in [-0.1, -0.05) is 0 Å². The van der Waals surface area contributed by atoms with Crippen molar-refractivity contribution in [3.8, 4) is 11.5 Å². The summed E-state index contributed by atoms with van der Waals surface area (Å²) in [6.07, 6.45) is 1.06. The molecule has 2 N–H and O–H groups in total. The molecule has 0 fully saturated rings. The Hall–Kier alpha value is -1.71. The molecule has 0 unspecified atom stereocenters. The molecule has 8 heteroatoms. The van der Waals surface area contributed by atoms with E-state index >= 15 is 0 Å². The summed E-state index contributed by atoms with van der Waals surface area (Å²) < 4.78 is 15.7. The van der Waals surface area contributed by atoms with Crippen LogP contribution in [0.5, 0.6) is 11.5 Å². The number of aliphatic imine (C=N–C) groups is 1. The van der Waals surface area contributed by atoms with Crippen LogP contribution in [0.4, 0.5) is 5.69 Å². The van der Waals surface area contributed by atoms with Crippen molar-refractivity contribution in [1.82, 2.24) is 5.32 Å². The number of ether oxygens (including phenoxy) is 3. The van der Waals surface area contributed by atoms with E-state index in [2.05, 4.69) is 15.6 Å². The summed E-state index contributed by atoms with van der Waals surface area (Å²) in [5.74, 6) is 1.78. The number of hydrogen-bond donors (Lipinski definition) is 2. The van der Waals surface area contributed by atoms with Gasteiger partial charge in [0, 0.05) is 31.8 Å². The number of nitrogens with one attached hydrogen (secondary N) is 2. The van der Waals surface area contributed by atoms with E-state index in [1.54, 1.807) is 21.1 Å². The topological polar surface area (TPSA) is 81.2 Å². The van der Waals surface area contributed by atoms with Crippen LogP contribution < -0.4 is 20.1 Å². The van der Waals surface area contributed by atoms with Gasteiger partial charge in [0.15, 0.2) is 17.5 Å². The standard InChI is InChI=1S/C17H27N3O4.HI/c1-5-23-15-12-13(9-10-14(15)22-4)20-17(18-3)19-11-7-8-16(21)24-6-2;/h9-10,12H,5-8,11H2,1-4H3,(H2,18,19,20);1H. The molecule has 0 aliphatic heterocycles. The summed E-state index contributed by atoms with van der Waals surface area (Å²) in [6, 6.07) is 5.57. The molecule has 0 spiro atoms. The molecule has 0 aliphatic carbocycles. The van der Waals surface area contributed by atoms with Gasteiger partial charge >= 0.3 is 5.97 Å². The molecule has 7 nitrogen and oxygen atoms in total. The Morgan fingerprint density at radius 3 is 2.56 bits per heavy atom. The molecule has 1 aromatic rings. The van der Waals surface area contributed by atoms with Gasteiger partial charge in [-0.2, -0.15) is 0 Å². The second-order valence-electron chi connectivity index (χ2n) is 4.83. The number of benzene rings is 1. The monoisotopic (exact) mass is 465 g/mol. The smallest absolute Gasteiger partial charge is 0.305 e. The van der Waals surface area contributed by atoms with Crippen LogP contribution in [0.25, 0.3) is 0 Å². The SMILES string of the molecule is CCOC(=O)CCCNC(=NC)Nc1ccc(OC)c(OCC)c1.I. The molecule has 1 rings (SSSR count). The molecule has 0 bridgehead atoms. The van der Waals surface area contributed by atoms with E-state index in [-0.39, 0.29) is 29.9 Å². The Bertz CT molecular complexity index is 553. The van der Waals surface area contributed by atoms with Crippen LogP contribution in [0.1, 0.15) is 26.7 Å². The number of guanidine groups is 1. The third-order valence-electron chi connectivity index (χ3n) is 3.11. The van der Waals surface area contributed by atoms with Crippen LogP contribution in [0.2, 0.25) is 0 Å². The summed E-state index contributed by atoms with van der Waals surface area (Å²) in [5.41, 5.74) is 0.831. The van der Waals surface area contributed by atoms with Gasteiger partial charge in [-0.05, 0) is 32.4 Å². The molecule has 0 amide bonds. The van der Waals surface area contributed by atoms with E-state index in [0.29, 0.717) is 50.1 Å². The molecule has 142 valence electrons. The molecule has 0 saturated heterocycles. The number of rotatable bonds is 9. The lowest BCUT2D eigenvalue weighted by atomic mass is 10.2. The zero-order valence-corrected chi connectivity index (χ0v) is 17.6. The van der Waals surface area contributed by atoms with E-state index in [1.807, 2.05) is 25.1 Å². The van der Waals surface area contributed by atoms with Crippen LogP contribution in [-0.2, 0) is 9.53 Å². The molecule has 25 heavy (non-hydrogen) atoms. The second kappa shape index (κ2) is 13.6. The minimum absolute atomic E-state index is 0. The van der Waals surface area contributed by atoms with Gasteiger partial charge in [-0.3, -0.25) is 9.79 Å². The van der Waals surface area contributed by atoms with Gasteiger partial charge in [0.25, 0.3) is 0 Å². The average Bonchev–Trinajstić information content (AvgIpc) is 2.58. The van der Waals surface area contributed by atoms with E-state index in [1.165, 1.54) is 0 Å². The summed E-state index contributed by atoms with van der Waals surface area (Å²) >= 11 is 0. The number of carbonyl (C=O) groups is 1. The fourth-order valence-electron chi connectivity index (χ4n) is 2.01. The van der Waals surface area contributed by atoms with Crippen LogP contribution in [-0.4, -0.2) is 45.8 Å². The highest BCUT2D eigenvalue weighted by molar-refractivity contribution is 14.0. The number of hydrogen-bond acceptors (Lipinski definition) is 5. The Balaban J connectivity index is 0.00000576. The maximum Gasteiger partial charge on any atom is 0.305 e. The van der Waals surface area contributed by atoms with Crippen molar-refractivity contribution in [3.63, 3.8) is 0 Å². The predicted molar refractivity (Wildman–Crippen MR) is 110 cm³/mol. The van der Waals surface area contributed by atoms with Crippen LogP contribution in [0.3, 0.4) is 0 Å². The van der Waals surface area contributed by atoms with Gasteiger partial charge in [-0.15, -0.1) is 24.0 Å². The van der Waals surface area contributed by atoms with Gasteiger partial charge in [0.2, 0.25) is 0 Å². The maximum atomic E-state index is 11.3. The van der Waals surface area contributed by atoms with Gasteiger partial charge in [-0.25, -0.2) is 0 Å². The minimum Gasteiger partial charge on any atom is -0.493 e. The fourth-order valence-corrected chi connectivity index (χ4v) is 2.01. The highest BCUT2D eigenvalue weighted by Crippen LogP contribution is 2.30. The van der Waals surface area contributed by atoms with Crippen molar-refractivity contribution in [2.75, 3.05) is 39.2 Å². The highest BCUT2D eigenvalue weighted by atomic mass is 127. The van der Waals surface area contributed by atoms with E-state index in [9.17, 15) is 4.79 Å². The number of carbonyl (C=O) groups excluding carboxylic acids is 1. The van der Waals surface area contributed by atoms with Crippen LogP contribution >= 0.6 is 24.0 Å². The van der Waals surface area contributed by atoms with E-state index in [4.69, 9.17) is 14.2 Å². The molecule has 0 heterocycles. The Morgan fingerprint density at radius 1 is 1.20 bits per heavy atom. The number of anilines is 1. The summed E-state index contributed by atoms with van der Waals surface area (Å²) in [6.45, 7) is 5.31. The molecule has 1 aromatic carbocycles. The summed E-state index contributed by atoms with van der Waals surface area (Å²) in [5, 5.41) is 6.33. The second-order valence-corrected chi connectivity index (χ2v) is 4.83. The third kappa shape index (κ3) is 8.80. The Labute approximate surface area is 166 Å². The zero-order chi connectivity index (χ0) is 17.8. The lowest BCUT2D eigenvalue weighted by Gasteiger charge is -2.14. The van der Waals surface area contributed by atoms with Crippen LogP contribution in [0, 0.1) is 0 Å². The zero-order valence-electron chi connectivity index (χ0n) is 15.3. The van der Waals surface area contributed by atoms with Crippen molar-refractivity contribution >= 4 is 41.6 Å². The Morgan fingerprint density at radius 2 is 1.96 bits per heavy atom. The number of halogens is 1. The fraction of sp³-hybridized carbons (Fsp3) is 0.529. The van der Waals surface area contributed by atoms with Crippen molar-refractivity contribution < 1.29 is 19.0 Å². The first-order valence-electron chi connectivity index (χ1n) is 8.08. The Kier molecular flexibility index (Phi) is 12.6. The maximum absolute atomic E-state index is 11.3. The molecular weight excluding hydrogens is 437 g/mol. The predicted octanol–water partition coefficient (Wildman–Crippen LogP) is 3.04. The van der Waals surface area contributed by atoms with Crippen molar-refractivity contribution in [2.45, 2.75) is 26.7 Å².